The molecule has 0 amide bonds. The summed E-state index contributed by atoms with van der Waals surface area (Å²) in [6, 6.07) is 12.5. The molecule has 1 aromatic carbocycles. The van der Waals surface area contributed by atoms with Crippen LogP contribution in [-0.4, -0.2) is 24.3 Å². The number of hydrogen-bond acceptors (Lipinski definition) is 3. The summed E-state index contributed by atoms with van der Waals surface area (Å²) in [6.45, 7) is 5.46. The normalized spacial score (nSPS) is 12.3. The summed E-state index contributed by atoms with van der Waals surface area (Å²) in [4.78, 5) is 13.5. The van der Waals surface area contributed by atoms with Crippen LogP contribution in [0.1, 0.15) is 30.7 Å². The molecule has 1 heterocycles. The van der Waals surface area contributed by atoms with Gasteiger partial charge in [-0.2, -0.15) is 0 Å². The van der Waals surface area contributed by atoms with E-state index in [0.29, 0.717) is 6.42 Å². The summed E-state index contributed by atoms with van der Waals surface area (Å²) >= 11 is 1.79. The van der Waals surface area contributed by atoms with Crippen LogP contribution in [0.25, 0.3) is 10.4 Å². The lowest BCUT2D eigenvalue weighted by Gasteiger charge is -2.06. The first-order valence-electron chi connectivity index (χ1n) is 8.08. The Morgan fingerprint density at radius 1 is 1.17 bits per heavy atom. The molecule has 3 nitrogen and oxygen atoms in total. The van der Waals surface area contributed by atoms with Crippen LogP contribution >= 0.6 is 11.3 Å². The van der Waals surface area contributed by atoms with E-state index in [-0.39, 0.29) is 5.92 Å². The smallest absolute Gasteiger partial charge is 0.306 e. The lowest BCUT2D eigenvalue weighted by atomic mass is 10.00. The quantitative estimate of drug-likeness (QED) is 0.680. The molecule has 0 radical (unpaired) electrons. The van der Waals surface area contributed by atoms with Crippen LogP contribution < -0.4 is 0 Å². The van der Waals surface area contributed by atoms with Gasteiger partial charge in [-0.3, -0.25) is 4.79 Å². The molecule has 0 unspecified atom stereocenters. The molecule has 1 N–H and O–H groups in total. The summed E-state index contributed by atoms with van der Waals surface area (Å²) in [5, 5.41) is 8.97. The molecule has 0 spiro atoms. The molecule has 0 bridgehead atoms. The second kappa shape index (κ2) is 8.85. The maximum Gasteiger partial charge on any atom is 0.306 e. The fourth-order valence-electron chi connectivity index (χ4n) is 2.33. The second-order valence-corrected chi connectivity index (χ2v) is 6.94. The average molecular weight is 332 g/mol. The maximum absolute atomic E-state index is 10.9. The number of carboxylic acids is 1. The molecule has 2 rings (SSSR count). The third-order valence-electron chi connectivity index (χ3n) is 3.70. The van der Waals surface area contributed by atoms with E-state index >= 15 is 0 Å². The molecule has 0 fully saturated rings. The van der Waals surface area contributed by atoms with Crippen molar-refractivity contribution in [2.45, 2.75) is 33.1 Å². The Bertz CT molecular complexity index is 616. The predicted octanol–water partition coefficient (Wildman–Crippen LogP) is 4.65. The zero-order chi connectivity index (χ0) is 16.7. The molecule has 4 heteroatoms. The van der Waals surface area contributed by atoms with E-state index in [1.54, 1.807) is 18.3 Å². The molecule has 23 heavy (non-hydrogen) atoms. The third kappa shape index (κ3) is 5.48. The van der Waals surface area contributed by atoms with Gasteiger partial charge in [0.1, 0.15) is 0 Å². The van der Waals surface area contributed by atoms with Crippen LogP contribution in [0.2, 0.25) is 0 Å². The standard InChI is InChI=1S/C19H24O3S/c1-3-11-22-12-10-17-8-9-18(23-17)16-6-4-15(5-7-16)13-14(2)19(20)21/h4-9,14H,3,10-13H2,1-2H3,(H,20,21)/t14-/m0/s1. The number of carboxylic acid groups (broad SMARTS) is 1. The van der Waals surface area contributed by atoms with Crippen molar-refractivity contribution in [3.63, 3.8) is 0 Å². The number of thiophene rings is 1. The summed E-state index contributed by atoms with van der Waals surface area (Å²) in [5.41, 5.74) is 2.25. The molecule has 2 aromatic rings. The predicted molar refractivity (Wildman–Crippen MR) is 95.1 cm³/mol. The van der Waals surface area contributed by atoms with Crippen LogP contribution in [0.5, 0.6) is 0 Å². The average Bonchev–Trinajstić information content (AvgIpc) is 3.01. The van der Waals surface area contributed by atoms with E-state index < -0.39 is 5.97 Å². The van der Waals surface area contributed by atoms with Gasteiger partial charge < -0.3 is 9.84 Å². The van der Waals surface area contributed by atoms with Gasteiger partial charge >= 0.3 is 5.97 Å². The molecule has 124 valence electrons. The van der Waals surface area contributed by atoms with Gasteiger partial charge in [0, 0.05) is 22.8 Å². The minimum absolute atomic E-state index is 0.350. The monoisotopic (exact) mass is 332 g/mol. The van der Waals surface area contributed by atoms with Gasteiger partial charge in [-0.25, -0.2) is 0 Å². The van der Waals surface area contributed by atoms with E-state index in [2.05, 4.69) is 31.2 Å². The number of aliphatic carboxylic acids is 1. The van der Waals surface area contributed by atoms with E-state index in [9.17, 15) is 4.79 Å². The van der Waals surface area contributed by atoms with Crippen molar-refractivity contribution in [3.05, 3.63) is 46.8 Å². The van der Waals surface area contributed by atoms with Crippen molar-refractivity contribution in [1.82, 2.24) is 0 Å². The van der Waals surface area contributed by atoms with Gasteiger partial charge in [0.15, 0.2) is 0 Å². The molecule has 0 aliphatic carbocycles. The fourth-order valence-corrected chi connectivity index (χ4v) is 3.33. The highest BCUT2D eigenvalue weighted by Gasteiger charge is 2.11. The Hall–Kier alpha value is -1.65. The van der Waals surface area contributed by atoms with Crippen LogP contribution in [0.15, 0.2) is 36.4 Å². The Morgan fingerprint density at radius 2 is 1.91 bits per heavy atom. The Balaban J connectivity index is 1.94. The highest BCUT2D eigenvalue weighted by molar-refractivity contribution is 7.15. The van der Waals surface area contributed by atoms with Gasteiger partial charge in [-0.05, 0) is 36.1 Å². The lowest BCUT2D eigenvalue weighted by Crippen LogP contribution is -2.12. The summed E-state index contributed by atoms with van der Waals surface area (Å²) in [5.74, 6) is -1.10. The van der Waals surface area contributed by atoms with Gasteiger partial charge in [0.2, 0.25) is 0 Å². The Labute approximate surface area is 141 Å². The Morgan fingerprint density at radius 3 is 2.57 bits per heavy atom. The van der Waals surface area contributed by atoms with Crippen LogP contribution in [-0.2, 0) is 22.4 Å². The lowest BCUT2D eigenvalue weighted by molar-refractivity contribution is -0.141. The van der Waals surface area contributed by atoms with Crippen LogP contribution in [0.4, 0.5) is 0 Å². The first-order valence-corrected chi connectivity index (χ1v) is 8.90. The number of hydrogen-bond donors (Lipinski definition) is 1. The van der Waals surface area contributed by atoms with Crippen molar-refractivity contribution in [2.75, 3.05) is 13.2 Å². The van der Waals surface area contributed by atoms with Gasteiger partial charge in [0.05, 0.1) is 12.5 Å². The molecule has 1 atom stereocenters. The highest BCUT2D eigenvalue weighted by Crippen LogP contribution is 2.29. The Kier molecular flexibility index (Phi) is 6.81. The van der Waals surface area contributed by atoms with Crippen LogP contribution in [0, 0.1) is 5.92 Å². The minimum Gasteiger partial charge on any atom is -0.481 e. The van der Waals surface area contributed by atoms with Gasteiger partial charge in [-0.1, -0.05) is 38.1 Å². The molecule has 1 aromatic heterocycles. The topological polar surface area (TPSA) is 46.5 Å². The molecular formula is C19H24O3S. The number of carbonyl (C=O) groups is 1. The first-order chi connectivity index (χ1) is 11.1. The van der Waals surface area contributed by atoms with Crippen molar-refractivity contribution in [2.24, 2.45) is 5.92 Å². The summed E-state index contributed by atoms with van der Waals surface area (Å²) in [7, 11) is 0. The first kappa shape index (κ1) is 17.7. The minimum atomic E-state index is -0.748. The maximum atomic E-state index is 10.9. The number of benzene rings is 1. The van der Waals surface area contributed by atoms with Crippen molar-refractivity contribution in [3.8, 4) is 10.4 Å². The van der Waals surface area contributed by atoms with Gasteiger partial charge in [0.25, 0.3) is 0 Å². The summed E-state index contributed by atoms with van der Waals surface area (Å²) in [6.07, 6.45) is 2.58. The highest BCUT2D eigenvalue weighted by atomic mass is 32.1. The zero-order valence-electron chi connectivity index (χ0n) is 13.7. The largest absolute Gasteiger partial charge is 0.481 e. The SMILES string of the molecule is CCCOCCc1ccc(-c2ccc(C[C@H](C)C(=O)O)cc2)s1. The molecule has 0 aliphatic heterocycles. The van der Waals surface area contributed by atoms with Gasteiger partial charge in [-0.15, -0.1) is 11.3 Å². The molecule has 0 saturated heterocycles. The van der Waals surface area contributed by atoms with Crippen molar-refractivity contribution >= 4 is 17.3 Å². The third-order valence-corrected chi connectivity index (χ3v) is 4.90. The molecule has 0 saturated carbocycles. The second-order valence-electron chi connectivity index (χ2n) is 5.77. The zero-order valence-corrected chi connectivity index (χ0v) is 14.6. The fraction of sp³-hybridized carbons (Fsp3) is 0.421. The van der Waals surface area contributed by atoms with E-state index in [1.165, 1.54) is 15.3 Å². The summed E-state index contributed by atoms with van der Waals surface area (Å²) < 4.78 is 5.53. The number of ether oxygens (including phenoxy) is 1. The number of rotatable bonds is 9. The van der Waals surface area contributed by atoms with Crippen molar-refractivity contribution in [1.29, 1.82) is 0 Å². The van der Waals surface area contributed by atoms with Crippen LogP contribution in [0.3, 0.4) is 0 Å². The van der Waals surface area contributed by atoms with Crippen molar-refractivity contribution < 1.29 is 14.6 Å². The van der Waals surface area contributed by atoms with E-state index in [0.717, 1.165) is 31.6 Å². The molecule has 0 aliphatic rings. The molecular weight excluding hydrogens is 308 g/mol. The van der Waals surface area contributed by atoms with E-state index in [4.69, 9.17) is 9.84 Å². The van der Waals surface area contributed by atoms with E-state index in [1.807, 2.05) is 12.1 Å².